The lowest BCUT2D eigenvalue weighted by Crippen LogP contribution is -2.44. The van der Waals surface area contributed by atoms with Crippen LogP contribution in [0, 0.1) is 11.8 Å². The smallest absolute Gasteiger partial charge is 0.236 e. The number of likely N-dealkylation sites (N-methyl/N-ethyl adjacent to an activating group) is 1. The predicted molar refractivity (Wildman–Crippen MR) is 82.7 cm³/mol. The fraction of sp³-hybridized carbons (Fsp3) is 0.938. The molecule has 1 saturated heterocycles. The van der Waals surface area contributed by atoms with Crippen molar-refractivity contribution < 1.29 is 4.79 Å². The van der Waals surface area contributed by atoms with Crippen LogP contribution in [0.1, 0.15) is 39.0 Å². The third kappa shape index (κ3) is 4.19. The van der Waals surface area contributed by atoms with Gasteiger partial charge in [0, 0.05) is 19.6 Å². The summed E-state index contributed by atoms with van der Waals surface area (Å²) in [5, 5.41) is 3.24. The summed E-state index contributed by atoms with van der Waals surface area (Å²) in [5.41, 5.74) is 0. The molecule has 0 spiro atoms. The Morgan fingerprint density at radius 2 is 1.95 bits per heavy atom. The number of amides is 1. The Kier molecular flexibility index (Phi) is 5.85. The molecular weight excluding hydrogens is 250 g/mol. The molecule has 1 heterocycles. The third-order valence-electron chi connectivity index (χ3n) is 5.15. The van der Waals surface area contributed by atoms with Gasteiger partial charge in [-0.05, 0) is 64.1 Å². The lowest BCUT2D eigenvalue weighted by atomic mass is 9.87. The number of carbonyl (C=O) groups excluding carboxylic acids is 1. The summed E-state index contributed by atoms with van der Waals surface area (Å²) in [4.78, 5) is 16.8. The molecule has 20 heavy (non-hydrogen) atoms. The summed E-state index contributed by atoms with van der Waals surface area (Å²) in [5.74, 6) is 1.87. The molecule has 1 saturated carbocycles. The van der Waals surface area contributed by atoms with Crippen molar-refractivity contribution in [1.82, 2.24) is 15.1 Å². The van der Waals surface area contributed by atoms with Crippen molar-refractivity contribution in [2.45, 2.75) is 45.1 Å². The Morgan fingerprint density at radius 3 is 2.60 bits per heavy atom. The van der Waals surface area contributed by atoms with Crippen molar-refractivity contribution in [3.05, 3.63) is 0 Å². The summed E-state index contributed by atoms with van der Waals surface area (Å²) in [6.45, 7) is 6.16. The number of nitrogens with one attached hydrogen (secondary N) is 1. The van der Waals surface area contributed by atoms with Crippen LogP contribution < -0.4 is 5.32 Å². The predicted octanol–water partition coefficient (Wildman–Crippen LogP) is 1.56. The topological polar surface area (TPSA) is 35.6 Å². The van der Waals surface area contributed by atoms with Gasteiger partial charge in [0.2, 0.25) is 5.91 Å². The molecule has 2 aliphatic rings. The summed E-state index contributed by atoms with van der Waals surface area (Å²) < 4.78 is 0. The highest BCUT2D eigenvalue weighted by molar-refractivity contribution is 5.78. The molecule has 4 heteroatoms. The van der Waals surface area contributed by atoms with Crippen LogP contribution in [0.3, 0.4) is 0 Å². The van der Waals surface area contributed by atoms with Crippen LogP contribution >= 0.6 is 0 Å². The lowest BCUT2D eigenvalue weighted by Gasteiger charge is -2.34. The molecule has 1 amide bonds. The number of nitrogens with zero attached hydrogens (tertiary/aromatic N) is 2. The largest absolute Gasteiger partial charge is 0.342 e. The molecule has 1 aliphatic carbocycles. The Bertz CT molecular complexity index is 313. The molecule has 1 atom stereocenters. The highest BCUT2D eigenvalue weighted by Crippen LogP contribution is 2.26. The SMILES string of the molecule is CNCC1CCN(CC(=O)N(C)C2CCC(C)CC2)C1. The minimum atomic E-state index is 0.315. The monoisotopic (exact) mass is 281 g/mol. The molecule has 0 radical (unpaired) electrons. The number of hydrogen-bond acceptors (Lipinski definition) is 3. The van der Waals surface area contributed by atoms with E-state index in [1.54, 1.807) is 0 Å². The van der Waals surface area contributed by atoms with E-state index in [4.69, 9.17) is 0 Å². The van der Waals surface area contributed by atoms with Gasteiger partial charge in [0.15, 0.2) is 0 Å². The summed E-state index contributed by atoms with van der Waals surface area (Å²) >= 11 is 0. The maximum absolute atomic E-state index is 12.4. The van der Waals surface area contributed by atoms with Crippen molar-refractivity contribution in [2.24, 2.45) is 11.8 Å². The number of likely N-dealkylation sites (tertiary alicyclic amines) is 1. The molecule has 1 aliphatic heterocycles. The van der Waals surface area contributed by atoms with Crippen molar-refractivity contribution >= 4 is 5.91 Å². The standard InChI is InChI=1S/C16H31N3O/c1-13-4-6-15(7-5-13)18(3)16(20)12-19-9-8-14(11-19)10-17-2/h13-15,17H,4-12H2,1-3H3. The van der Waals surface area contributed by atoms with Crippen LogP contribution in [0.15, 0.2) is 0 Å². The molecule has 0 aromatic heterocycles. The quantitative estimate of drug-likeness (QED) is 0.831. The van der Waals surface area contributed by atoms with Crippen LogP contribution in [-0.4, -0.2) is 62.0 Å². The number of rotatable bonds is 5. The van der Waals surface area contributed by atoms with Crippen molar-refractivity contribution in [3.8, 4) is 0 Å². The second-order valence-electron chi connectivity index (χ2n) is 6.87. The fourth-order valence-corrected chi connectivity index (χ4v) is 3.65. The highest BCUT2D eigenvalue weighted by atomic mass is 16.2. The normalized spacial score (nSPS) is 31.4. The van der Waals surface area contributed by atoms with E-state index >= 15 is 0 Å². The second kappa shape index (κ2) is 7.41. The molecule has 0 aromatic carbocycles. The maximum atomic E-state index is 12.4. The van der Waals surface area contributed by atoms with Crippen molar-refractivity contribution in [2.75, 3.05) is 40.3 Å². The van der Waals surface area contributed by atoms with E-state index in [-0.39, 0.29) is 0 Å². The Balaban J connectivity index is 1.74. The van der Waals surface area contributed by atoms with Gasteiger partial charge in [-0.25, -0.2) is 0 Å². The van der Waals surface area contributed by atoms with Crippen LogP contribution in [0.2, 0.25) is 0 Å². The molecule has 1 N–H and O–H groups in total. The van der Waals surface area contributed by atoms with Gasteiger partial charge in [0.05, 0.1) is 6.54 Å². The summed E-state index contributed by atoms with van der Waals surface area (Å²) in [7, 11) is 4.01. The zero-order valence-electron chi connectivity index (χ0n) is 13.4. The summed E-state index contributed by atoms with van der Waals surface area (Å²) in [6.07, 6.45) is 6.14. The van der Waals surface area contributed by atoms with E-state index in [0.29, 0.717) is 24.4 Å². The highest BCUT2D eigenvalue weighted by Gasteiger charge is 2.28. The van der Waals surface area contributed by atoms with Crippen LogP contribution in [0.25, 0.3) is 0 Å². The Labute approximate surface area is 123 Å². The van der Waals surface area contributed by atoms with Gasteiger partial charge < -0.3 is 10.2 Å². The molecule has 116 valence electrons. The van der Waals surface area contributed by atoms with Crippen LogP contribution in [0.5, 0.6) is 0 Å². The van der Waals surface area contributed by atoms with Gasteiger partial charge in [0.25, 0.3) is 0 Å². The first-order valence-electron chi connectivity index (χ1n) is 8.22. The molecule has 1 unspecified atom stereocenters. The van der Waals surface area contributed by atoms with Gasteiger partial charge in [-0.3, -0.25) is 9.69 Å². The van der Waals surface area contributed by atoms with E-state index in [0.717, 1.165) is 25.6 Å². The second-order valence-corrected chi connectivity index (χ2v) is 6.87. The van der Waals surface area contributed by atoms with E-state index in [1.807, 2.05) is 19.0 Å². The van der Waals surface area contributed by atoms with Crippen LogP contribution in [-0.2, 0) is 4.79 Å². The molecular formula is C16H31N3O. The lowest BCUT2D eigenvalue weighted by molar-refractivity contribution is -0.133. The molecule has 4 nitrogen and oxygen atoms in total. The van der Waals surface area contributed by atoms with E-state index in [2.05, 4.69) is 17.1 Å². The Morgan fingerprint density at radius 1 is 1.25 bits per heavy atom. The minimum absolute atomic E-state index is 0.315. The number of hydrogen-bond donors (Lipinski definition) is 1. The van der Waals surface area contributed by atoms with Gasteiger partial charge in [-0.2, -0.15) is 0 Å². The third-order valence-corrected chi connectivity index (χ3v) is 5.15. The Hall–Kier alpha value is -0.610. The number of carbonyl (C=O) groups is 1. The molecule has 2 fully saturated rings. The first kappa shape index (κ1) is 15.8. The first-order chi connectivity index (χ1) is 9.60. The molecule has 0 bridgehead atoms. The van der Waals surface area contributed by atoms with E-state index < -0.39 is 0 Å². The van der Waals surface area contributed by atoms with Gasteiger partial charge in [-0.15, -0.1) is 0 Å². The van der Waals surface area contributed by atoms with Gasteiger partial charge in [-0.1, -0.05) is 6.92 Å². The fourth-order valence-electron chi connectivity index (χ4n) is 3.65. The molecule has 0 aromatic rings. The van der Waals surface area contributed by atoms with Gasteiger partial charge in [0.1, 0.15) is 0 Å². The molecule has 2 rings (SSSR count). The minimum Gasteiger partial charge on any atom is -0.342 e. The van der Waals surface area contributed by atoms with Crippen molar-refractivity contribution in [1.29, 1.82) is 0 Å². The zero-order valence-corrected chi connectivity index (χ0v) is 13.4. The van der Waals surface area contributed by atoms with E-state index in [1.165, 1.54) is 32.1 Å². The maximum Gasteiger partial charge on any atom is 0.236 e. The van der Waals surface area contributed by atoms with Crippen LogP contribution in [0.4, 0.5) is 0 Å². The van der Waals surface area contributed by atoms with E-state index in [9.17, 15) is 4.79 Å². The van der Waals surface area contributed by atoms with Crippen molar-refractivity contribution in [3.63, 3.8) is 0 Å². The average Bonchev–Trinajstić information content (AvgIpc) is 2.86. The zero-order chi connectivity index (χ0) is 14.5. The summed E-state index contributed by atoms with van der Waals surface area (Å²) in [6, 6.07) is 0.481. The average molecular weight is 281 g/mol. The first-order valence-corrected chi connectivity index (χ1v) is 8.22. The van der Waals surface area contributed by atoms with Gasteiger partial charge >= 0.3 is 0 Å².